The van der Waals surface area contributed by atoms with Crippen LogP contribution in [-0.4, -0.2) is 16.8 Å². The molecule has 1 unspecified atom stereocenters. The molecule has 12 heavy (non-hydrogen) atoms. The van der Waals surface area contributed by atoms with Gasteiger partial charge in [-0.1, -0.05) is 29.8 Å². The van der Waals surface area contributed by atoms with E-state index in [0.29, 0.717) is 19.3 Å². The van der Waals surface area contributed by atoms with Gasteiger partial charge in [0.2, 0.25) is 0 Å². The molecule has 0 radical (unpaired) electrons. The maximum absolute atomic E-state index is 11.0. The summed E-state index contributed by atoms with van der Waals surface area (Å²) in [5, 5.41) is 0. The van der Waals surface area contributed by atoms with E-state index in [-0.39, 0.29) is 4.83 Å². The van der Waals surface area contributed by atoms with Crippen molar-refractivity contribution in [2.24, 2.45) is 0 Å². The lowest BCUT2D eigenvalue weighted by Gasteiger charge is -2.04. The topological polar surface area (TPSA) is 43.4 Å². The molecule has 0 aliphatic heterocycles. The number of hydrogen-bond donors (Lipinski definition) is 0. The molecule has 1 atom stereocenters. The van der Waals surface area contributed by atoms with Crippen molar-refractivity contribution in [2.75, 3.05) is 0 Å². The number of carbonyl (C=O) groups is 2. The van der Waals surface area contributed by atoms with Crippen LogP contribution in [0.5, 0.6) is 0 Å². The normalized spacial score (nSPS) is 12.2. The summed E-state index contributed by atoms with van der Waals surface area (Å²) in [6, 6.07) is 0. The fourth-order valence-electron chi connectivity index (χ4n) is 0.598. The van der Waals surface area contributed by atoms with Crippen LogP contribution in [-0.2, 0) is 14.3 Å². The minimum Gasteiger partial charge on any atom is -0.392 e. The second-order valence-corrected chi connectivity index (χ2v) is 3.52. The number of carbonyl (C=O) groups excluding carboxylic acids is 2. The summed E-state index contributed by atoms with van der Waals surface area (Å²) in [7, 11) is 0. The van der Waals surface area contributed by atoms with Gasteiger partial charge in [-0.3, -0.25) is 9.59 Å². The van der Waals surface area contributed by atoms with Crippen LogP contribution in [0.4, 0.5) is 0 Å². The first kappa shape index (κ1) is 11.6. The number of rotatable bonds is 4. The lowest BCUT2D eigenvalue weighted by molar-refractivity contribution is -0.159. The maximum atomic E-state index is 11.0. The van der Waals surface area contributed by atoms with Gasteiger partial charge in [0.15, 0.2) is 0 Å². The van der Waals surface area contributed by atoms with Gasteiger partial charge in [0.05, 0.1) is 0 Å². The fourth-order valence-corrected chi connectivity index (χ4v) is 0.691. The van der Waals surface area contributed by atoms with Gasteiger partial charge in [-0.05, 0) is 12.8 Å². The SMILES string of the molecule is CCCC(=O)OC(=O)C(Br)CC. The molecule has 0 aromatic rings. The van der Waals surface area contributed by atoms with Crippen molar-refractivity contribution in [2.45, 2.75) is 37.9 Å². The third-order valence-corrected chi connectivity index (χ3v) is 2.30. The van der Waals surface area contributed by atoms with E-state index in [0.717, 1.165) is 0 Å². The lowest BCUT2D eigenvalue weighted by Crippen LogP contribution is -2.20. The summed E-state index contributed by atoms with van der Waals surface area (Å²) < 4.78 is 4.52. The Bertz CT molecular complexity index is 168. The molecule has 0 saturated carbocycles. The summed E-state index contributed by atoms with van der Waals surface area (Å²) in [6.45, 7) is 3.70. The van der Waals surface area contributed by atoms with Gasteiger partial charge >= 0.3 is 11.9 Å². The van der Waals surface area contributed by atoms with Crippen LogP contribution in [0, 0.1) is 0 Å². The second kappa shape index (κ2) is 6.17. The highest BCUT2D eigenvalue weighted by Crippen LogP contribution is 2.07. The Morgan fingerprint density at radius 3 is 2.42 bits per heavy atom. The maximum Gasteiger partial charge on any atom is 0.327 e. The minimum absolute atomic E-state index is 0.301. The first-order valence-electron chi connectivity index (χ1n) is 4.00. The Balaban J connectivity index is 3.76. The second-order valence-electron chi connectivity index (χ2n) is 2.42. The molecule has 70 valence electrons. The van der Waals surface area contributed by atoms with Gasteiger partial charge in [0, 0.05) is 6.42 Å². The van der Waals surface area contributed by atoms with Crippen molar-refractivity contribution in [1.82, 2.24) is 0 Å². The molecule has 0 saturated heterocycles. The van der Waals surface area contributed by atoms with Crippen LogP contribution in [0.25, 0.3) is 0 Å². The number of alkyl halides is 1. The van der Waals surface area contributed by atoms with E-state index in [1.54, 1.807) is 0 Å². The molecule has 0 heterocycles. The summed E-state index contributed by atoms with van der Waals surface area (Å²) in [4.78, 5) is 21.4. The van der Waals surface area contributed by atoms with E-state index >= 15 is 0 Å². The molecule has 0 spiro atoms. The van der Waals surface area contributed by atoms with Crippen LogP contribution in [0.2, 0.25) is 0 Å². The molecular weight excluding hydrogens is 224 g/mol. The van der Waals surface area contributed by atoms with Crippen molar-refractivity contribution in [3.8, 4) is 0 Å². The first-order valence-corrected chi connectivity index (χ1v) is 4.92. The van der Waals surface area contributed by atoms with E-state index in [1.165, 1.54) is 0 Å². The number of hydrogen-bond acceptors (Lipinski definition) is 3. The Hall–Kier alpha value is -0.380. The van der Waals surface area contributed by atoms with Crippen molar-refractivity contribution < 1.29 is 14.3 Å². The van der Waals surface area contributed by atoms with Gasteiger partial charge in [-0.25, -0.2) is 0 Å². The molecule has 0 aromatic heterocycles. The third kappa shape index (κ3) is 4.49. The number of esters is 2. The predicted molar refractivity (Wildman–Crippen MR) is 49.0 cm³/mol. The molecule has 0 fully saturated rings. The first-order chi connectivity index (χ1) is 5.61. The summed E-state index contributed by atoms with van der Waals surface area (Å²) >= 11 is 3.10. The number of ether oxygens (including phenoxy) is 1. The highest BCUT2D eigenvalue weighted by Gasteiger charge is 2.16. The van der Waals surface area contributed by atoms with Gasteiger partial charge in [0.1, 0.15) is 4.83 Å². The molecule has 0 aromatic carbocycles. The van der Waals surface area contributed by atoms with Crippen LogP contribution >= 0.6 is 15.9 Å². The lowest BCUT2D eigenvalue weighted by atomic mass is 10.3. The smallest absolute Gasteiger partial charge is 0.327 e. The van der Waals surface area contributed by atoms with E-state index in [2.05, 4.69) is 20.7 Å². The average molecular weight is 237 g/mol. The van der Waals surface area contributed by atoms with E-state index in [4.69, 9.17) is 0 Å². The molecule has 0 N–H and O–H groups in total. The van der Waals surface area contributed by atoms with Crippen molar-refractivity contribution in [3.63, 3.8) is 0 Å². The Labute approximate surface area is 80.6 Å². The average Bonchev–Trinajstić information content (AvgIpc) is 2.03. The fraction of sp³-hybridized carbons (Fsp3) is 0.750. The van der Waals surface area contributed by atoms with Crippen molar-refractivity contribution >= 4 is 27.9 Å². The van der Waals surface area contributed by atoms with E-state index < -0.39 is 11.9 Å². The Morgan fingerprint density at radius 2 is 2.00 bits per heavy atom. The predicted octanol–water partition coefficient (Wildman–Crippen LogP) is 2.03. The Kier molecular flexibility index (Phi) is 5.98. The zero-order chi connectivity index (χ0) is 9.56. The molecular formula is C8H13BrO3. The van der Waals surface area contributed by atoms with Gasteiger partial charge in [-0.15, -0.1) is 0 Å². The Morgan fingerprint density at radius 1 is 1.42 bits per heavy atom. The zero-order valence-electron chi connectivity index (χ0n) is 7.30. The van der Waals surface area contributed by atoms with Crippen molar-refractivity contribution in [1.29, 1.82) is 0 Å². The number of halogens is 1. The molecule has 0 rings (SSSR count). The summed E-state index contributed by atoms with van der Waals surface area (Å²) in [5.41, 5.74) is 0. The standard InChI is InChI=1S/C8H13BrO3/c1-3-5-7(10)12-8(11)6(9)4-2/h6H,3-5H2,1-2H3. The molecule has 3 nitrogen and oxygen atoms in total. The zero-order valence-corrected chi connectivity index (χ0v) is 8.89. The monoisotopic (exact) mass is 236 g/mol. The van der Waals surface area contributed by atoms with Gasteiger partial charge in [0.25, 0.3) is 0 Å². The quantitative estimate of drug-likeness (QED) is 0.427. The van der Waals surface area contributed by atoms with Gasteiger partial charge < -0.3 is 4.74 Å². The molecule has 0 bridgehead atoms. The molecule has 0 aliphatic rings. The summed E-state index contributed by atoms with van der Waals surface area (Å²) in [6.07, 6.45) is 1.62. The minimum atomic E-state index is -0.490. The molecule has 4 heteroatoms. The van der Waals surface area contributed by atoms with Gasteiger partial charge in [-0.2, -0.15) is 0 Å². The van der Waals surface area contributed by atoms with Crippen LogP contribution < -0.4 is 0 Å². The largest absolute Gasteiger partial charge is 0.392 e. The highest BCUT2D eigenvalue weighted by atomic mass is 79.9. The van der Waals surface area contributed by atoms with Crippen LogP contribution in [0.3, 0.4) is 0 Å². The van der Waals surface area contributed by atoms with Crippen LogP contribution in [0.15, 0.2) is 0 Å². The van der Waals surface area contributed by atoms with E-state index in [1.807, 2.05) is 13.8 Å². The van der Waals surface area contributed by atoms with Crippen molar-refractivity contribution in [3.05, 3.63) is 0 Å². The third-order valence-electron chi connectivity index (χ3n) is 1.28. The highest BCUT2D eigenvalue weighted by molar-refractivity contribution is 9.10. The summed E-state index contributed by atoms with van der Waals surface area (Å²) in [5.74, 6) is -0.934. The van der Waals surface area contributed by atoms with E-state index in [9.17, 15) is 9.59 Å². The molecule has 0 amide bonds. The van der Waals surface area contributed by atoms with Crippen LogP contribution in [0.1, 0.15) is 33.1 Å². The molecule has 0 aliphatic carbocycles.